The molecule has 146 valence electrons. The van der Waals surface area contributed by atoms with Gasteiger partial charge in [-0.15, -0.1) is 0 Å². The summed E-state index contributed by atoms with van der Waals surface area (Å²) in [6.45, 7) is 2.95. The van der Waals surface area contributed by atoms with Crippen molar-refractivity contribution in [1.29, 1.82) is 0 Å². The van der Waals surface area contributed by atoms with Crippen LogP contribution in [-0.4, -0.2) is 47.9 Å². The molecule has 0 bridgehead atoms. The van der Waals surface area contributed by atoms with Gasteiger partial charge in [-0.05, 0) is 17.5 Å². The summed E-state index contributed by atoms with van der Waals surface area (Å²) in [4.78, 5) is 30.1. The van der Waals surface area contributed by atoms with E-state index in [1.165, 1.54) is 0 Å². The molecular formula is C23H26N2O3. The van der Waals surface area contributed by atoms with Gasteiger partial charge in [0.05, 0.1) is 25.2 Å². The first-order valence-electron chi connectivity index (χ1n) is 9.99. The first-order valence-corrected chi connectivity index (χ1v) is 9.99. The normalized spacial score (nSPS) is 22.9. The molecule has 0 spiro atoms. The first kappa shape index (κ1) is 18.7. The van der Waals surface area contributed by atoms with E-state index in [4.69, 9.17) is 4.74 Å². The number of nitrogens with zero attached hydrogens (tertiary/aromatic N) is 2. The van der Waals surface area contributed by atoms with Crippen LogP contribution in [0.1, 0.15) is 30.0 Å². The molecule has 0 aromatic heterocycles. The quantitative estimate of drug-likeness (QED) is 0.822. The Morgan fingerprint density at radius 2 is 1.61 bits per heavy atom. The largest absolute Gasteiger partial charge is 0.378 e. The van der Waals surface area contributed by atoms with Crippen molar-refractivity contribution in [2.75, 3.05) is 26.3 Å². The Morgan fingerprint density at radius 1 is 0.964 bits per heavy atom. The van der Waals surface area contributed by atoms with Crippen molar-refractivity contribution in [1.82, 2.24) is 9.80 Å². The van der Waals surface area contributed by atoms with E-state index >= 15 is 0 Å². The van der Waals surface area contributed by atoms with Gasteiger partial charge in [-0.1, -0.05) is 60.7 Å². The first-order chi connectivity index (χ1) is 13.7. The maximum atomic E-state index is 13.4. The molecule has 2 fully saturated rings. The number of piperidine rings is 1. The topological polar surface area (TPSA) is 49.9 Å². The number of hydrogen-bond acceptors (Lipinski definition) is 3. The molecule has 0 N–H and O–H groups in total. The van der Waals surface area contributed by atoms with Crippen LogP contribution in [0, 0.1) is 5.92 Å². The third-order valence-corrected chi connectivity index (χ3v) is 5.68. The average molecular weight is 378 g/mol. The predicted octanol–water partition coefficient (Wildman–Crippen LogP) is 3.03. The van der Waals surface area contributed by atoms with Crippen LogP contribution in [0.25, 0.3) is 0 Å². The summed E-state index contributed by atoms with van der Waals surface area (Å²) in [6, 6.07) is 19.7. The Morgan fingerprint density at radius 3 is 2.29 bits per heavy atom. The van der Waals surface area contributed by atoms with Gasteiger partial charge < -0.3 is 14.5 Å². The lowest BCUT2D eigenvalue weighted by Crippen LogP contribution is -2.51. The van der Waals surface area contributed by atoms with Crippen LogP contribution in [0.15, 0.2) is 60.7 Å². The van der Waals surface area contributed by atoms with Crippen LogP contribution in [0.4, 0.5) is 0 Å². The number of morpholine rings is 1. The highest BCUT2D eigenvalue weighted by atomic mass is 16.5. The second-order valence-corrected chi connectivity index (χ2v) is 7.45. The summed E-state index contributed by atoms with van der Waals surface area (Å²) in [5.74, 6) is 0.0355. The smallest absolute Gasteiger partial charge is 0.228 e. The van der Waals surface area contributed by atoms with Crippen molar-refractivity contribution < 1.29 is 14.3 Å². The molecular weight excluding hydrogens is 352 g/mol. The van der Waals surface area contributed by atoms with Gasteiger partial charge in [0.1, 0.15) is 0 Å². The van der Waals surface area contributed by atoms with Gasteiger partial charge in [-0.25, -0.2) is 0 Å². The number of amides is 2. The van der Waals surface area contributed by atoms with Gasteiger partial charge in [0.25, 0.3) is 0 Å². The molecule has 2 saturated heterocycles. The van der Waals surface area contributed by atoms with Crippen LogP contribution in [0.3, 0.4) is 0 Å². The zero-order chi connectivity index (χ0) is 19.3. The zero-order valence-electron chi connectivity index (χ0n) is 16.0. The van der Waals surface area contributed by atoms with Crippen LogP contribution in [0.2, 0.25) is 0 Å². The summed E-state index contributed by atoms with van der Waals surface area (Å²) in [6.07, 6.45) is 1.01. The number of carbonyl (C=O) groups is 2. The molecule has 2 aliphatic heterocycles. The number of benzene rings is 2. The third kappa shape index (κ3) is 3.94. The van der Waals surface area contributed by atoms with Crippen molar-refractivity contribution in [2.24, 2.45) is 5.92 Å². The number of likely N-dealkylation sites (tertiary alicyclic amines) is 1. The zero-order valence-corrected chi connectivity index (χ0v) is 16.0. The van der Waals surface area contributed by atoms with Crippen molar-refractivity contribution in [3.63, 3.8) is 0 Å². The number of rotatable bonds is 4. The molecule has 28 heavy (non-hydrogen) atoms. The minimum Gasteiger partial charge on any atom is -0.378 e. The summed E-state index contributed by atoms with van der Waals surface area (Å²) in [5, 5.41) is 0. The van der Waals surface area contributed by atoms with Gasteiger partial charge in [-0.2, -0.15) is 0 Å². The molecule has 2 aromatic carbocycles. The van der Waals surface area contributed by atoms with Crippen molar-refractivity contribution >= 4 is 11.8 Å². The Labute approximate surface area is 165 Å². The van der Waals surface area contributed by atoms with Crippen molar-refractivity contribution in [3.05, 3.63) is 71.8 Å². The van der Waals surface area contributed by atoms with Gasteiger partial charge in [0.2, 0.25) is 11.8 Å². The monoisotopic (exact) mass is 378 g/mol. The summed E-state index contributed by atoms with van der Waals surface area (Å²) >= 11 is 0. The minimum atomic E-state index is -0.238. The lowest BCUT2D eigenvalue weighted by atomic mass is 9.83. The molecule has 5 nitrogen and oxygen atoms in total. The number of carbonyl (C=O) groups excluding carboxylic acids is 2. The summed E-state index contributed by atoms with van der Waals surface area (Å²) in [7, 11) is 0. The fourth-order valence-corrected chi connectivity index (χ4v) is 4.26. The molecule has 2 amide bonds. The SMILES string of the molecule is O=C([C@H]1CCC(=O)N(Cc2ccccc2)[C@@H]1c1ccccc1)N1CCOCC1. The number of hydrogen-bond donors (Lipinski definition) is 0. The van der Waals surface area contributed by atoms with E-state index in [-0.39, 0.29) is 23.8 Å². The second-order valence-electron chi connectivity index (χ2n) is 7.45. The van der Waals surface area contributed by atoms with Crippen LogP contribution in [-0.2, 0) is 20.9 Å². The Kier molecular flexibility index (Phi) is 5.72. The second kappa shape index (κ2) is 8.57. The van der Waals surface area contributed by atoms with Gasteiger partial charge in [-0.3, -0.25) is 9.59 Å². The highest BCUT2D eigenvalue weighted by molar-refractivity contribution is 5.85. The van der Waals surface area contributed by atoms with E-state index in [0.29, 0.717) is 45.7 Å². The fourth-order valence-electron chi connectivity index (χ4n) is 4.26. The van der Waals surface area contributed by atoms with Crippen LogP contribution >= 0.6 is 0 Å². The highest BCUT2D eigenvalue weighted by Crippen LogP contribution is 2.39. The van der Waals surface area contributed by atoms with Crippen LogP contribution < -0.4 is 0 Å². The van der Waals surface area contributed by atoms with Crippen molar-refractivity contribution in [2.45, 2.75) is 25.4 Å². The van der Waals surface area contributed by atoms with Crippen LogP contribution in [0.5, 0.6) is 0 Å². The van der Waals surface area contributed by atoms with Crippen molar-refractivity contribution in [3.8, 4) is 0 Å². The maximum absolute atomic E-state index is 13.4. The molecule has 4 rings (SSSR count). The van der Waals surface area contributed by atoms with E-state index in [1.54, 1.807) is 0 Å². The third-order valence-electron chi connectivity index (χ3n) is 5.68. The van der Waals surface area contributed by atoms with Gasteiger partial charge in [0, 0.05) is 26.1 Å². The molecule has 0 unspecified atom stereocenters. The van der Waals surface area contributed by atoms with E-state index in [0.717, 1.165) is 11.1 Å². The molecule has 0 aliphatic carbocycles. The average Bonchev–Trinajstić information content (AvgIpc) is 2.76. The molecule has 5 heteroatoms. The lowest BCUT2D eigenvalue weighted by molar-refractivity contribution is -0.151. The molecule has 2 atom stereocenters. The van der Waals surface area contributed by atoms with E-state index < -0.39 is 0 Å². The standard InChI is InChI=1S/C23H26N2O3/c26-21-12-11-20(23(27)24-13-15-28-16-14-24)22(19-9-5-2-6-10-19)25(21)17-18-7-3-1-4-8-18/h1-10,20,22H,11-17H2/t20-,22+/m0/s1. The van der Waals surface area contributed by atoms with E-state index in [2.05, 4.69) is 0 Å². The minimum absolute atomic E-state index is 0.115. The fraction of sp³-hybridized carbons (Fsp3) is 0.391. The highest BCUT2D eigenvalue weighted by Gasteiger charge is 2.42. The molecule has 2 aromatic rings. The summed E-state index contributed by atoms with van der Waals surface area (Å²) < 4.78 is 5.41. The molecule has 0 radical (unpaired) electrons. The van der Waals surface area contributed by atoms with Gasteiger partial charge >= 0.3 is 0 Å². The predicted molar refractivity (Wildman–Crippen MR) is 106 cm³/mol. The lowest BCUT2D eigenvalue weighted by Gasteiger charge is -2.43. The maximum Gasteiger partial charge on any atom is 0.228 e. The molecule has 2 aliphatic rings. The molecule has 0 saturated carbocycles. The molecule has 2 heterocycles. The summed E-state index contributed by atoms with van der Waals surface area (Å²) in [5.41, 5.74) is 2.11. The van der Waals surface area contributed by atoms with Gasteiger partial charge in [0.15, 0.2) is 0 Å². The van der Waals surface area contributed by atoms with E-state index in [9.17, 15) is 9.59 Å². The Balaban J connectivity index is 1.66. The Hall–Kier alpha value is -2.66. The Bertz CT molecular complexity index is 803. The van der Waals surface area contributed by atoms with E-state index in [1.807, 2.05) is 70.5 Å². The number of ether oxygens (including phenoxy) is 1.